The molecule has 0 spiro atoms. The van der Waals surface area contributed by atoms with Gasteiger partial charge < -0.3 is 10.0 Å². The van der Waals surface area contributed by atoms with E-state index in [4.69, 9.17) is 21.7 Å². The molecule has 0 saturated carbocycles. The number of aliphatic hydroxyl groups excluding tert-OH is 1. The number of fused-ring (bicyclic) bond motifs is 1. The molecule has 1 aliphatic rings. The van der Waals surface area contributed by atoms with Gasteiger partial charge in [0.15, 0.2) is 5.65 Å². The van der Waals surface area contributed by atoms with Crippen LogP contribution in [0.25, 0.3) is 28.2 Å². The van der Waals surface area contributed by atoms with Gasteiger partial charge in [0.2, 0.25) is 0 Å². The topological polar surface area (TPSA) is 53.7 Å². The van der Waals surface area contributed by atoms with E-state index in [-0.39, 0.29) is 6.10 Å². The zero-order valence-electron chi connectivity index (χ0n) is 15.9. The number of piperidine rings is 1. The Hall–Kier alpha value is -2.89. The molecule has 0 amide bonds. The third-order valence-corrected chi connectivity index (χ3v) is 5.59. The molecule has 2 aromatic heterocycles. The molecule has 6 heteroatoms. The van der Waals surface area contributed by atoms with Crippen LogP contribution in [0.2, 0.25) is 5.02 Å². The first-order valence-electron chi connectivity index (χ1n) is 9.82. The third-order valence-electron chi connectivity index (χ3n) is 5.34. The summed E-state index contributed by atoms with van der Waals surface area (Å²) in [5.74, 6) is 0.952. The summed E-state index contributed by atoms with van der Waals surface area (Å²) in [4.78, 5) is 7.07. The summed E-state index contributed by atoms with van der Waals surface area (Å²) >= 11 is 6.04. The fraction of sp³-hybridized carbons (Fsp3) is 0.217. The molecular weight excluding hydrogens is 384 g/mol. The van der Waals surface area contributed by atoms with Gasteiger partial charge in [0.25, 0.3) is 0 Å². The van der Waals surface area contributed by atoms with E-state index in [1.54, 1.807) is 0 Å². The number of benzene rings is 2. The van der Waals surface area contributed by atoms with Crippen molar-refractivity contribution in [3.05, 3.63) is 71.8 Å². The molecule has 1 fully saturated rings. The molecule has 1 saturated heterocycles. The van der Waals surface area contributed by atoms with Crippen LogP contribution in [-0.2, 0) is 0 Å². The van der Waals surface area contributed by atoms with Gasteiger partial charge in [-0.05, 0) is 25.0 Å². The molecule has 2 aromatic carbocycles. The number of rotatable bonds is 3. The predicted octanol–water partition coefficient (Wildman–Crippen LogP) is 4.68. The lowest BCUT2D eigenvalue weighted by Gasteiger charge is -2.32. The Morgan fingerprint density at radius 1 is 0.931 bits per heavy atom. The fourth-order valence-corrected chi connectivity index (χ4v) is 3.99. The third kappa shape index (κ3) is 3.59. The van der Waals surface area contributed by atoms with E-state index in [1.807, 2.05) is 53.0 Å². The average Bonchev–Trinajstić information content (AvgIpc) is 3.18. The maximum Gasteiger partial charge on any atom is 0.158 e. The van der Waals surface area contributed by atoms with E-state index in [0.29, 0.717) is 11.6 Å². The van der Waals surface area contributed by atoms with Crippen LogP contribution in [0.3, 0.4) is 0 Å². The van der Waals surface area contributed by atoms with Crippen LogP contribution in [0, 0.1) is 0 Å². The van der Waals surface area contributed by atoms with E-state index in [2.05, 4.69) is 23.1 Å². The Balaban J connectivity index is 1.67. The zero-order chi connectivity index (χ0) is 19.8. The van der Waals surface area contributed by atoms with E-state index >= 15 is 0 Å². The van der Waals surface area contributed by atoms with Crippen molar-refractivity contribution < 1.29 is 5.11 Å². The highest BCUT2D eigenvalue weighted by Gasteiger charge is 2.22. The largest absolute Gasteiger partial charge is 0.391 e. The summed E-state index contributed by atoms with van der Waals surface area (Å²) in [6.45, 7) is 1.49. The van der Waals surface area contributed by atoms with Crippen LogP contribution >= 0.6 is 11.6 Å². The molecule has 1 atom stereocenters. The zero-order valence-corrected chi connectivity index (χ0v) is 16.6. The monoisotopic (exact) mass is 404 g/mol. The van der Waals surface area contributed by atoms with E-state index in [9.17, 15) is 5.11 Å². The van der Waals surface area contributed by atoms with Crippen molar-refractivity contribution in [3.63, 3.8) is 0 Å². The number of aromatic nitrogens is 3. The Bertz CT molecular complexity index is 1140. The Labute approximate surface area is 174 Å². The van der Waals surface area contributed by atoms with E-state index in [1.165, 1.54) is 0 Å². The highest BCUT2D eigenvalue weighted by Crippen LogP contribution is 2.29. The van der Waals surface area contributed by atoms with Gasteiger partial charge in [-0.1, -0.05) is 54.1 Å². The van der Waals surface area contributed by atoms with E-state index in [0.717, 1.165) is 53.4 Å². The summed E-state index contributed by atoms with van der Waals surface area (Å²) < 4.78 is 1.88. The fourth-order valence-electron chi connectivity index (χ4n) is 3.87. The highest BCUT2D eigenvalue weighted by atomic mass is 35.5. The first kappa shape index (κ1) is 18.2. The van der Waals surface area contributed by atoms with Crippen molar-refractivity contribution in [3.8, 4) is 22.5 Å². The summed E-state index contributed by atoms with van der Waals surface area (Å²) in [6.07, 6.45) is 1.47. The normalized spacial score (nSPS) is 17.0. The van der Waals surface area contributed by atoms with Crippen LogP contribution in [0.5, 0.6) is 0 Å². The van der Waals surface area contributed by atoms with Crippen LogP contribution in [0.15, 0.2) is 66.7 Å². The van der Waals surface area contributed by atoms with Crippen LogP contribution in [0.1, 0.15) is 12.8 Å². The smallest absolute Gasteiger partial charge is 0.158 e. The molecule has 29 heavy (non-hydrogen) atoms. The molecule has 1 aliphatic heterocycles. The molecule has 5 rings (SSSR count). The first-order chi connectivity index (χ1) is 14.2. The van der Waals surface area contributed by atoms with E-state index < -0.39 is 0 Å². The van der Waals surface area contributed by atoms with Crippen LogP contribution in [0.4, 0.5) is 5.82 Å². The van der Waals surface area contributed by atoms with Gasteiger partial charge >= 0.3 is 0 Å². The summed E-state index contributed by atoms with van der Waals surface area (Å²) in [6, 6.07) is 21.9. The van der Waals surface area contributed by atoms with Crippen molar-refractivity contribution >= 4 is 23.1 Å². The molecule has 0 unspecified atom stereocenters. The number of nitrogens with zero attached hydrogens (tertiary/aromatic N) is 4. The molecule has 0 radical (unpaired) electrons. The standard InChI is InChI=1S/C23H21ClN4O/c24-18-10-8-17(9-11-18)21-13-22-25-20(16-5-2-1-3-6-16)14-23(28(22)26-21)27-12-4-7-19(29)15-27/h1-3,5-6,8-11,13-14,19,29H,4,7,12,15H2/t19-/m0/s1. The second-order valence-electron chi connectivity index (χ2n) is 7.41. The first-order valence-corrected chi connectivity index (χ1v) is 10.2. The molecule has 1 N–H and O–H groups in total. The summed E-state index contributed by atoms with van der Waals surface area (Å²) in [5.41, 5.74) is 4.58. The number of hydrogen-bond donors (Lipinski definition) is 1. The lowest BCUT2D eigenvalue weighted by molar-refractivity contribution is 0.153. The van der Waals surface area contributed by atoms with Crippen molar-refractivity contribution in [2.24, 2.45) is 0 Å². The molecule has 0 bridgehead atoms. The maximum atomic E-state index is 10.2. The minimum absolute atomic E-state index is 0.321. The molecular formula is C23H21ClN4O. The van der Waals surface area contributed by atoms with Gasteiger partial charge in [-0.25, -0.2) is 4.98 Å². The summed E-state index contributed by atoms with van der Waals surface area (Å²) in [5, 5.41) is 15.7. The quantitative estimate of drug-likeness (QED) is 0.538. The molecule has 146 valence electrons. The SMILES string of the molecule is O[C@H]1CCCN(c2cc(-c3ccccc3)nc3cc(-c4ccc(Cl)cc4)nn23)C1. The minimum Gasteiger partial charge on any atom is -0.391 e. The van der Waals surface area contributed by atoms with Crippen molar-refractivity contribution in [1.29, 1.82) is 0 Å². The van der Waals surface area contributed by atoms with Gasteiger partial charge in [0.1, 0.15) is 5.82 Å². The number of halogens is 1. The van der Waals surface area contributed by atoms with Crippen LogP contribution < -0.4 is 4.90 Å². The second-order valence-corrected chi connectivity index (χ2v) is 7.85. The van der Waals surface area contributed by atoms with Gasteiger partial charge in [-0.2, -0.15) is 9.61 Å². The second kappa shape index (κ2) is 7.50. The van der Waals surface area contributed by atoms with Gasteiger partial charge in [-0.15, -0.1) is 0 Å². The number of aliphatic hydroxyl groups is 1. The molecule has 4 aromatic rings. The molecule has 0 aliphatic carbocycles. The van der Waals surface area contributed by atoms with Crippen LogP contribution in [-0.4, -0.2) is 38.9 Å². The lowest BCUT2D eigenvalue weighted by atomic mass is 10.1. The van der Waals surface area contributed by atoms with Crippen molar-refractivity contribution in [2.45, 2.75) is 18.9 Å². The van der Waals surface area contributed by atoms with Crippen molar-refractivity contribution in [2.75, 3.05) is 18.0 Å². The molecule has 3 heterocycles. The lowest BCUT2D eigenvalue weighted by Crippen LogP contribution is -2.39. The Kier molecular flexibility index (Phi) is 4.70. The Morgan fingerprint density at radius 3 is 2.45 bits per heavy atom. The van der Waals surface area contributed by atoms with Crippen molar-refractivity contribution in [1.82, 2.24) is 14.6 Å². The number of β-amino-alcohol motifs (C(OH)–C–C–N with tert-alkyl or cyclic N) is 1. The minimum atomic E-state index is -0.321. The predicted molar refractivity (Wildman–Crippen MR) is 116 cm³/mol. The summed E-state index contributed by atoms with van der Waals surface area (Å²) in [7, 11) is 0. The highest BCUT2D eigenvalue weighted by molar-refractivity contribution is 6.30. The van der Waals surface area contributed by atoms with Gasteiger partial charge in [0.05, 0.1) is 17.5 Å². The number of anilines is 1. The number of hydrogen-bond acceptors (Lipinski definition) is 4. The van der Waals surface area contributed by atoms with Gasteiger partial charge in [0, 0.05) is 41.4 Å². The maximum absolute atomic E-state index is 10.2. The average molecular weight is 405 g/mol. The Morgan fingerprint density at radius 2 is 1.69 bits per heavy atom. The van der Waals surface area contributed by atoms with Gasteiger partial charge in [-0.3, -0.25) is 0 Å². The molecule has 5 nitrogen and oxygen atoms in total.